The molecule has 5 heteroatoms. The molecule has 23 heavy (non-hydrogen) atoms. The minimum atomic E-state index is 0.133. The Morgan fingerprint density at radius 2 is 2.04 bits per heavy atom. The Hall–Kier alpha value is -2.27. The van der Waals surface area contributed by atoms with Gasteiger partial charge in [0.05, 0.1) is 0 Å². The van der Waals surface area contributed by atoms with E-state index in [0.29, 0.717) is 5.92 Å². The molecule has 4 rings (SSSR count). The van der Waals surface area contributed by atoms with Gasteiger partial charge in [-0.25, -0.2) is 0 Å². The molecule has 2 heterocycles. The van der Waals surface area contributed by atoms with Crippen molar-refractivity contribution in [3.05, 3.63) is 53.9 Å². The standard InChI is InChI=1S/C18H21N5/c1-13-20-22-23(21-13)18(17-7-4-10-19-12-17)16-9-8-14-5-2-3-6-15(14)11-16/h2-3,5-6,8-9,11,17-19H,4,7,10,12H2,1H3/t17?,18-/m1/s1. The molecule has 0 amide bonds. The van der Waals surface area contributed by atoms with Crippen molar-refractivity contribution in [2.75, 3.05) is 13.1 Å². The summed E-state index contributed by atoms with van der Waals surface area (Å²) in [6, 6.07) is 15.3. The fourth-order valence-electron chi connectivity index (χ4n) is 3.55. The van der Waals surface area contributed by atoms with Crippen LogP contribution in [0, 0.1) is 12.8 Å². The van der Waals surface area contributed by atoms with Gasteiger partial charge < -0.3 is 5.32 Å². The highest BCUT2D eigenvalue weighted by Crippen LogP contribution is 2.31. The van der Waals surface area contributed by atoms with Crippen molar-refractivity contribution in [3.8, 4) is 0 Å². The number of aryl methyl sites for hydroxylation is 1. The van der Waals surface area contributed by atoms with Gasteiger partial charge in [-0.2, -0.15) is 4.80 Å². The van der Waals surface area contributed by atoms with E-state index in [1.807, 2.05) is 6.92 Å². The quantitative estimate of drug-likeness (QED) is 0.808. The van der Waals surface area contributed by atoms with Crippen molar-refractivity contribution in [1.82, 2.24) is 25.5 Å². The first kappa shape index (κ1) is 14.3. The molecule has 1 N–H and O–H groups in total. The van der Waals surface area contributed by atoms with Crippen molar-refractivity contribution >= 4 is 10.8 Å². The first-order valence-electron chi connectivity index (χ1n) is 8.27. The van der Waals surface area contributed by atoms with Gasteiger partial charge in [0, 0.05) is 6.54 Å². The minimum Gasteiger partial charge on any atom is -0.316 e. The molecular weight excluding hydrogens is 286 g/mol. The molecule has 0 saturated carbocycles. The molecule has 2 atom stereocenters. The predicted molar refractivity (Wildman–Crippen MR) is 90.2 cm³/mol. The van der Waals surface area contributed by atoms with Crippen LogP contribution < -0.4 is 5.32 Å². The van der Waals surface area contributed by atoms with Crippen LogP contribution in [0.25, 0.3) is 10.8 Å². The monoisotopic (exact) mass is 307 g/mol. The third-order valence-corrected chi connectivity index (χ3v) is 4.67. The number of hydrogen-bond donors (Lipinski definition) is 1. The maximum Gasteiger partial charge on any atom is 0.171 e. The predicted octanol–water partition coefficient (Wildman–Crippen LogP) is 2.72. The third-order valence-electron chi connectivity index (χ3n) is 4.67. The maximum atomic E-state index is 4.51. The molecule has 1 aliphatic heterocycles. The first-order chi connectivity index (χ1) is 11.3. The normalized spacial score (nSPS) is 19.8. The van der Waals surface area contributed by atoms with E-state index in [1.54, 1.807) is 4.80 Å². The number of nitrogens with zero attached hydrogens (tertiary/aromatic N) is 4. The smallest absolute Gasteiger partial charge is 0.171 e. The van der Waals surface area contributed by atoms with E-state index in [1.165, 1.54) is 29.2 Å². The van der Waals surface area contributed by atoms with E-state index in [0.717, 1.165) is 18.9 Å². The van der Waals surface area contributed by atoms with E-state index in [-0.39, 0.29) is 6.04 Å². The lowest BCUT2D eigenvalue weighted by Gasteiger charge is -2.30. The van der Waals surface area contributed by atoms with Gasteiger partial charge in [0.1, 0.15) is 6.04 Å². The molecule has 0 spiro atoms. The SMILES string of the molecule is Cc1nnn([C@H](c2ccc3ccccc3c2)C2CCCNC2)n1. The van der Waals surface area contributed by atoms with Gasteiger partial charge >= 0.3 is 0 Å². The van der Waals surface area contributed by atoms with Crippen molar-refractivity contribution in [1.29, 1.82) is 0 Å². The number of rotatable bonds is 3. The zero-order chi connectivity index (χ0) is 15.6. The highest BCUT2D eigenvalue weighted by atomic mass is 15.6. The van der Waals surface area contributed by atoms with Crippen LogP contribution in [0.5, 0.6) is 0 Å². The molecule has 0 aliphatic carbocycles. The van der Waals surface area contributed by atoms with E-state index < -0.39 is 0 Å². The molecule has 1 aromatic heterocycles. The summed E-state index contributed by atoms with van der Waals surface area (Å²) >= 11 is 0. The van der Waals surface area contributed by atoms with Gasteiger partial charge in [-0.3, -0.25) is 0 Å². The second kappa shape index (κ2) is 6.08. The molecule has 1 saturated heterocycles. The van der Waals surface area contributed by atoms with Crippen molar-refractivity contribution in [3.63, 3.8) is 0 Å². The van der Waals surface area contributed by atoms with Crippen LogP contribution in [0.15, 0.2) is 42.5 Å². The minimum absolute atomic E-state index is 0.133. The molecule has 0 bridgehead atoms. The van der Waals surface area contributed by atoms with Crippen LogP contribution in [-0.4, -0.2) is 33.3 Å². The number of benzene rings is 2. The van der Waals surface area contributed by atoms with Gasteiger partial charge in [-0.05, 0) is 59.8 Å². The topological polar surface area (TPSA) is 55.6 Å². The summed E-state index contributed by atoms with van der Waals surface area (Å²) in [7, 11) is 0. The van der Waals surface area contributed by atoms with Crippen LogP contribution in [0.3, 0.4) is 0 Å². The first-order valence-corrected chi connectivity index (χ1v) is 8.27. The summed E-state index contributed by atoms with van der Waals surface area (Å²) in [6.07, 6.45) is 2.38. The summed E-state index contributed by atoms with van der Waals surface area (Å²) in [5.41, 5.74) is 1.26. The summed E-state index contributed by atoms with van der Waals surface area (Å²) in [6.45, 7) is 3.99. The molecule has 1 aliphatic rings. The van der Waals surface area contributed by atoms with Gasteiger partial charge in [-0.1, -0.05) is 36.4 Å². The van der Waals surface area contributed by atoms with Crippen LogP contribution in [0.1, 0.15) is 30.3 Å². The number of tetrazole rings is 1. The average Bonchev–Trinajstić information content (AvgIpc) is 3.02. The Bertz CT molecular complexity index is 804. The van der Waals surface area contributed by atoms with Crippen LogP contribution in [-0.2, 0) is 0 Å². The Morgan fingerprint density at radius 1 is 1.17 bits per heavy atom. The number of nitrogens with one attached hydrogen (secondary N) is 1. The number of piperidine rings is 1. The van der Waals surface area contributed by atoms with E-state index in [9.17, 15) is 0 Å². The lowest BCUT2D eigenvalue weighted by atomic mass is 9.87. The van der Waals surface area contributed by atoms with E-state index >= 15 is 0 Å². The maximum absolute atomic E-state index is 4.51. The number of fused-ring (bicyclic) bond motifs is 1. The molecule has 2 aromatic carbocycles. The lowest BCUT2D eigenvalue weighted by molar-refractivity contribution is 0.261. The van der Waals surface area contributed by atoms with Crippen LogP contribution in [0.2, 0.25) is 0 Å². The van der Waals surface area contributed by atoms with E-state index in [2.05, 4.69) is 63.2 Å². The van der Waals surface area contributed by atoms with Gasteiger partial charge in [0.2, 0.25) is 0 Å². The van der Waals surface area contributed by atoms with Crippen molar-refractivity contribution in [2.24, 2.45) is 5.92 Å². The summed E-state index contributed by atoms with van der Waals surface area (Å²) in [4.78, 5) is 1.80. The Labute approximate surface area is 135 Å². The molecule has 5 nitrogen and oxygen atoms in total. The Balaban J connectivity index is 1.78. The molecule has 118 valence electrons. The average molecular weight is 307 g/mol. The Morgan fingerprint density at radius 3 is 2.78 bits per heavy atom. The number of aromatic nitrogens is 4. The van der Waals surface area contributed by atoms with Gasteiger partial charge in [-0.15, -0.1) is 10.2 Å². The molecule has 1 fully saturated rings. The van der Waals surface area contributed by atoms with E-state index in [4.69, 9.17) is 0 Å². The molecule has 3 aromatic rings. The largest absolute Gasteiger partial charge is 0.316 e. The lowest BCUT2D eigenvalue weighted by Crippen LogP contribution is -2.36. The second-order valence-corrected chi connectivity index (χ2v) is 6.31. The molecule has 0 radical (unpaired) electrons. The molecular formula is C18H21N5. The summed E-state index contributed by atoms with van der Waals surface area (Å²) in [5.74, 6) is 1.21. The highest BCUT2D eigenvalue weighted by molar-refractivity contribution is 5.83. The second-order valence-electron chi connectivity index (χ2n) is 6.31. The van der Waals surface area contributed by atoms with Crippen molar-refractivity contribution < 1.29 is 0 Å². The van der Waals surface area contributed by atoms with Gasteiger partial charge in [0.15, 0.2) is 5.82 Å². The summed E-state index contributed by atoms with van der Waals surface area (Å²) < 4.78 is 0. The zero-order valence-electron chi connectivity index (χ0n) is 13.3. The number of hydrogen-bond acceptors (Lipinski definition) is 4. The van der Waals surface area contributed by atoms with Crippen LogP contribution in [0.4, 0.5) is 0 Å². The highest BCUT2D eigenvalue weighted by Gasteiger charge is 2.28. The van der Waals surface area contributed by atoms with Gasteiger partial charge in [0.25, 0.3) is 0 Å². The zero-order valence-corrected chi connectivity index (χ0v) is 13.3. The van der Waals surface area contributed by atoms with Crippen molar-refractivity contribution in [2.45, 2.75) is 25.8 Å². The van der Waals surface area contributed by atoms with Crippen LogP contribution >= 0.6 is 0 Å². The Kier molecular flexibility index (Phi) is 3.79. The summed E-state index contributed by atoms with van der Waals surface area (Å²) in [5, 5.41) is 18.9. The fourth-order valence-corrected chi connectivity index (χ4v) is 3.55. The fraction of sp³-hybridized carbons (Fsp3) is 0.389. The molecule has 1 unspecified atom stereocenters. The third kappa shape index (κ3) is 2.84.